The summed E-state index contributed by atoms with van der Waals surface area (Å²) in [4.78, 5) is 24.3. The molecule has 92 valence electrons. The van der Waals surface area contributed by atoms with Gasteiger partial charge in [-0.2, -0.15) is 5.10 Å². The summed E-state index contributed by atoms with van der Waals surface area (Å²) in [5, 5.41) is 15.6. The second kappa shape index (κ2) is 4.57. The van der Waals surface area contributed by atoms with Crippen molar-refractivity contribution in [3.63, 3.8) is 0 Å². The van der Waals surface area contributed by atoms with Crippen LogP contribution in [0.1, 0.15) is 29.5 Å². The van der Waals surface area contributed by atoms with Crippen LogP contribution < -0.4 is 0 Å². The van der Waals surface area contributed by atoms with Crippen molar-refractivity contribution in [3.8, 4) is 0 Å². The minimum absolute atomic E-state index is 0.190. The van der Waals surface area contributed by atoms with Crippen molar-refractivity contribution < 1.29 is 14.7 Å². The number of amides is 1. The van der Waals surface area contributed by atoms with Crippen LogP contribution in [0.5, 0.6) is 0 Å². The second-order valence-corrected chi connectivity index (χ2v) is 4.21. The van der Waals surface area contributed by atoms with E-state index >= 15 is 0 Å². The van der Waals surface area contributed by atoms with Gasteiger partial charge in [0.05, 0.1) is 5.92 Å². The third-order valence-electron chi connectivity index (χ3n) is 3.06. The number of rotatable bonds is 3. The molecular formula is C11H15N3O3. The molecule has 0 bridgehead atoms. The number of aliphatic carboxylic acids is 1. The Labute approximate surface area is 98.6 Å². The van der Waals surface area contributed by atoms with Crippen molar-refractivity contribution in [2.45, 2.75) is 19.8 Å². The molecule has 0 unspecified atom stereocenters. The average molecular weight is 237 g/mol. The van der Waals surface area contributed by atoms with Crippen LogP contribution in [-0.2, 0) is 11.2 Å². The van der Waals surface area contributed by atoms with Gasteiger partial charge in [0.25, 0.3) is 5.91 Å². The second-order valence-electron chi connectivity index (χ2n) is 4.21. The Morgan fingerprint density at radius 3 is 2.94 bits per heavy atom. The van der Waals surface area contributed by atoms with E-state index in [1.54, 1.807) is 11.0 Å². The van der Waals surface area contributed by atoms with Crippen molar-refractivity contribution in [2.75, 3.05) is 13.1 Å². The van der Waals surface area contributed by atoms with Crippen molar-refractivity contribution in [1.29, 1.82) is 0 Å². The smallest absolute Gasteiger partial charge is 0.308 e. The lowest BCUT2D eigenvalue weighted by atomic mass is 10.1. The SMILES string of the molecule is CCc1cc(C(=O)N2CC[C@H](C(=O)O)C2)n[nH]1. The highest BCUT2D eigenvalue weighted by Gasteiger charge is 2.32. The van der Waals surface area contributed by atoms with Gasteiger partial charge < -0.3 is 10.0 Å². The number of carboxylic acid groups (broad SMARTS) is 1. The van der Waals surface area contributed by atoms with E-state index in [4.69, 9.17) is 5.11 Å². The number of nitrogens with zero attached hydrogens (tertiary/aromatic N) is 2. The molecule has 6 nitrogen and oxygen atoms in total. The number of aromatic amines is 1. The number of nitrogens with one attached hydrogen (secondary N) is 1. The van der Waals surface area contributed by atoms with Crippen LogP contribution in [0.25, 0.3) is 0 Å². The molecule has 17 heavy (non-hydrogen) atoms. The van der Waals surface area contributed by atoms with Crippen molar-refractivity contribution in [2.24, 2.45) is 5.92 Å². The van der Waals surface area contributed by atoms with E-state index < -0.39 is 11.9 Å². The van der Waals surface area contributed by atoms with Crippen LogP contribution in [0.2, 0.25) is 0 Å². The van der Waals surface area contributed by atoms with E-state index in [2.05, 4.69) is 10.2 Å². The van der Waals surface area contributed by atoms with E-state index in [1.807, 2.05) is 6.92 Å². The fourth-order valence-electron chi connectivity index (χ4n) is 1.96. The standard InChI is InChI=1S/C11H15N3O3/c1-2-8-5-9(13-12-8)10(15)14-4-3-7(6-14)11(16)17/h5,7H,2-4,6H2,1H3,(H,12,13)(H,16,17)/t7-/m0/s1. The monoisotopic (exact) mass is 237 g/mol. The number of carbonyl (C=O) groups is 2. The van der Waals surface area contributed by atoms with Crippen LogP contribution >= 0.6 is 0 Å². The molecule has 0 spiro atoms. The number of carbonyl (C=O) groups excluding carboxylic acids is 1. The van der Waals surface area contributed by atoms with Crippen LogP contribution in [0.4, 0.5) is 0 Å². The van der Waals surface area contributed by atoms with Crippen molar-refractivity contribution in [1.82, 2.24) is 15.1 Å². The van der Waals surface area contributed by atoms with Crippen LogP contribution in [0.3, 0.4) is 0 Å². The maximum atomic E-state index is 12.0. The Bertz CT molecular complexity index is 441. The van der Waals surface area contributed by atoms with E-state index in [9.17, 15) is 9.59 Å². The normalized spacial score (nSPS) is 19.6. The van der Waals surface area contributed by atoms with E-state index in [0.29, 0.717) is 18.7 Å². The summed E-state index contributed by atoms with van der Waals surface area (Å²) in [6.45, 7) is 2.74. The zero-order chi connectivity index (χ0) is 12.4. The minimum Gasteiger partial charge on any atom is -0.481 e. The summed E-state index contributed by atoms with van der Waals surface area (Å²) in [7, 11) is 0. The Hall–Kier alpha value is -1.85. The molecule has 0 saturated carbocycles. The summed E-state index contributed by atoms with van der Waals surface area (Å²) < 4.78 is 0. The minimum atomic E-state index is -0.837. The zero-order valence-corrected chi connectivity index (χ0v) is 9.64. The molecule has 2 N–H and O–H groups in total. The van der Waals surface area contributed by atoms with Gasteiger partial charge >= 0.3 is 5.97 Å². The maximum Gasteiger partial charge on any atom is 0.308 e. The zero-order valence-electron chi connectivity index (χ0n) is 9.64. The third-order valence-corrected chi connectivity index (χ3v) is 3.06. The number of likely N-dealkylation sites (tertiary alicyclic amines) is 1. The fraction of sp³-hybridized carbons (Fsp3) is 0.545. The first kappa shape index (κ1) is 11.6. The predicted molar refractivity (Wildman–Crippen MR) is 59.6 cm³/mol. The molecule has 1 saturated heterocycles. The summed E-state index contributed by atoms with van der Waals surface area (Å²) in [6.07, 6.45) is 1.31. The highest BCUT2D eigenvalue weighted by Crippen LogP contribution is 2.18. The van der Waals surface area contributed by atoms with Gasteiger partial charge in [-0.25, -0.2) is 0 Å². The number of carboxylic acids is 1. The first-order chi connectivity index (χ1) is 8.11. The molecule has 6 heteroatoms. The van der Waals surface area contributed by atoms with Crippen LogP contribution in [0.15, 0.2) is 6.07 Å². The molecule has 2 heterocycles. The third kappa shape index (κ3) is 2.30. The lowest BCUT2D eigenvalue weighted by Gasteiger charge is -2.13. The molecule has 1 amide bonds. The molecule has 1 aromatic heterocycles. The number of hydrogen-bond acceptors (Lipinski definition) is 3. The van der Waals surface area contributed by atoms with Crippen molar-refractivity contribution >= 4 is 11.9 Å². The molecule has 1 aromatic rings. The number of aryl methyl sites for hydroxylation is 1. The summed E-state index contributed by atoms with van der Waals surface area (Å²) >= 11 is 0. The topological polar surface area (TPSA) is 86.3 Å². The van der Waals surface area contributed by atoms with Gasteiger partial charge in [-0.3, -0.25) is 14.7 Å². The van der Waals surface area contributed by atoms with E-state index in [-0.39, 0.29) is 12.5 Å². The molecule has 0 aromatic carbocycles. The van der Waals surface area contributed by atoms with Crippen LogP contribution in [-0.4, -0.2) is 45.2 Å². The lowest BCUT2D eigenvalue weighted by Crippen LogP contribution is -2.30. The average Bonchev–Trinajstić information content (AvgIpc) is 2.97. The number of aromatic nitrogens is 2. The van der Waals surface area contributed by atoms with Gasteiger partial charge in [0.15, 0.2) is 0 Å². The van der Waals surface area contributed by atoms with Gasteiger partial charge in [-0.1, -0.05) is 6.92 Å². The largest absolute Gasteiger partial charge is 0.481 e. The number of hydrogen-bond donors (Lipinski definition) is 2. The van der Waals surface area contributed by atoms with Gasteiger partial charge in [-0.05, 0) is 18.9 Å². The summed E-state index contributed by atoms with van der Waals surface area (Å²) in [5.74, 6) is -1.47. The summed E-state index contributed by atoms with van der Waals surface area (Å²) in [5.41, 5.74) is 1.27. The van der Waals surface area contributed by atoms with E-state index in [0.717, 1.165) is 12.1 Å². The van der Waals surface area contributed by atoms with Gasteiger partial charge in [0.1, 0.15) is 5.69 Å². The van der Waals surface area contributed by atoms with Crippen molar-refractivity contribution in [3.05, 3.63) is 17.5 Å². The molecule has 1 aliphatic rings. The molecule has 2 rings (SSSR count). The number of H-pyrrole nitrogens is 1. The molecular weight excluding hydrogens is 222 g/mol. The predicted octanol–water partition coefficient (Wildman–Crippen LogP) is 0.519. The lowest BCUT2D eigenvalue weighted by molar-refractivity contribution is -0.141. The molecule has 1 atom stereocenters. The molecule has 0 radical (unpaired) electrons. The van der Waals surface area contributed by atoms with Crippen LogP contribution in [0, 0.1) is 5.92 Å². The molecule has 0 aliphatic carbocycles. The first-order valence-electron chi connectivity index (χ1n) is 5.68. The highest BCUT2D eigenvalue weighted by atomic mass is 16.4. The molecule has 1 aliphatic heterocycles. The Balaban J connectivity index is 2.04. The van der Waals surface area contributed by atoms with Gasteiger partial charge in [-0.15, -0.1) is 0 Å². The molecule has 1 fully saturated rings. The maximum absolute atomic E-state index is 12.0. The first-order valence-corrected chi connectivity index (χ1v) is 5.68. The Kier molecular flexibility index (Phi) is 3.12. The van der Waals surface area contributed by atoms with Gasteiger partial charge in [0.2, 0.25) is 0 Å². The van der Waals surface area contributed by atoms with E-state index in [1.165, 1.54) is 0 Å². The Morgan fingerprint density at radius 1 is 1.65 bits per heavy atom. The quantitative estimate of drug-likeness (QED) is 0.802. The highest BCUT2D eigenvalue weighted by molar-refractivity contribution is 5.93. The van der Waals surface area contributed by atoms with Gasteiger partial charge in [0, 0.05) is 18.8 Å². The Morgan fingerprint density at radius 2 is 2.41 bits per heavy atom. The fourth-order valence-corrected chi connectivity index (χ4v) is 1.96. The summed E-state index contributed by atoms with van der Waals surface area (Å²) in [6, 6.07) is 1.72.